The monoisotopic (exact) mass is 418 g/mol. The van der Waals surface area contributed by atoms with Gasteiger partial charge in [0.2, 0.25) is 10.0 Å². The number of benzene rings is 2. The first-order chi connectivity index (χ1) is 14.0. The minimum Gasteiger partial charge on any atom is -0.496 e. The standard InChI is InChI=1S/C21H26N2O5S/c1-27-19-9-5-4-8-16(19)15-22-29(25,26)17-10-11-20(28-2)18(14-17)21(24)23-12-6-3-7-13-23/h4-5,8-11,14,22H,3,6-7,12-13,15H2,1-2H3. The number of piperidine rings is 1. The van der Waals surface area contributed by atoms with Crippen molar-refractivity contribution in [2.75, 3.05) is 27.3 Å². The van der Waals surface area contributed by atoms with E-state index in [9.17, 15) is 13.2 Å². The molecule has 1 aliphatic rings. The van der Waals surface area contributed by atoms with E-state index >= 15 is 0 Å². The highest BCUT2D eigenvalue weighted by molar-refractivity contribution is 7.89. The van der Waals surface area contributed by atoms with Gasteiger partial charge in [-0.3, -0.25) is 4.79 Å². The molecule has 0 saturated carbocycles. The smallest absolute Gasteiger partial charge is 0.257 e. The Labute approximate surface area is 171 Å². The summed E-state index contributed by atoms with van der Waals surface area (Å²) in [5.41, 5.74) is 0.978. The van der Waals surface area contributed by atoms with Crippen molar-refractivity contribution in [2.24, 2.45) is 0 Å². The molecule has 1 saturated heterocycles. The zero-order chi connectivity index (χ0) is 20.9. The molecule has 1 aliphatic heterocycles. The number of nitrogens with zero attached hydrogens (tertiary/aromatic N) is 1. The Kier molecular flexibility index (Phi) is 6.76. The van der Waals surface area contributed by atoms with Crippen molar-refractivity contribution in [3.05, 3.63) is 53.6 Å². The summed E-state index contributed by atoms with van der Waals surface area (Å²) in [7, 11) is -0.821. The lowest BCUT2D eigenvalue weighted by Gasteiger charge is -2.27. The summed E-state index contributed by atoms with van der Waals surface area (Å²) >= 11 is 0. The van der Waals surface area contributed by atoms with Crippen LogP contribution in [0.15, 0.2) is 47.4 Å². The molecule has 3 rings (SSSR count). The van der Waals surface area contributed by atoms with E-state index in [1.807, 2.05) is 12.1 Å². The molecule has 0 spiro atoms. The van der Waals surface area contributed by atoms with Crippen molar-refractivity contribution in [1.82, 2.24) is 9.62 Å². The highest BCUT2D eigenvalue weighted by Crippen LogP contribution is 2.26. The van der Waals surface area contributed by atoms with Crippen LogP contribution in [0.1, 0.15) is 35.2 Å². The summed E-state index contributed by atoms with van der Waals surface area (Å²) in [4.78, 5) is 14.7. The molecule has 0 bridgehead atoms. The summed E-state index contributed by atoms with van der Waals surface area (Å²) in [6.07, 6.45) is 3.00. The maximum absolute atomic E-state index is 12.9. The van der Waals surface area contributed by atoms with Gasteiger partial charge in [0, 0.05) is 25.2 Å². The maximum Gasteiger partial charge on any atom is 0.257 e. The number of sulfonamides is 1. The highest BCUT2D eigenvalue weighted by Gasteiger charge is 2.24. The third-order valence-electron chi connectivity index (χ3n) is 5.00. The van der Waals surface area contributed by atoms with Gasteiger partial charge in [0.1, 0.15) is 11.5 Å². The van der Waals surface area contributed by atoms with E-state index < -0.39 is 10.0 Å². The Bertz CT molecular complexity index is 969. The van der Waals surface area contributed by atoms with Gasteiger partial charge in [-0.25, -0.2) is 13.1 Å². The molecule has 8 heteroatoms. The van der Waals surface area contributed by atoms with Crippen molar-refractivity contribution >= 4 is 15.9 Å². The minimum atomic E-state index is -3.83. The van der Waals surface area contributed by atoms with Gasteiger partial charge >= 0.3 is 0 Å². The summed E-state index contributed by atoms with van der Waals surface area (Å²) in [6, 6.07) is 11.5. The van der Waals surface area contributed by atoms with Crippen molar-refractivity contribution in [1.29, 1.82) is 0 Å². The maximum atomic E-state index is 12.9. The number of likely N-dealkylation sites (tertiary alicyclic amines) is 1. The molecule has 0 unspecified atom stereocenters. The normalized spacial score (nSPS) is 14.5. The topological polar surface area (TPSA) is 84.9 Å². The number of hydrogen-bond donors (Lipinski definition) is 1. The Hall–Kier alpha value is -2.58. The van der Waals surface area contributed by atoms with E-state index in [-0.39, 0.29) is 22.9 Å². The van der Waals surface area contributed by atoms with Gasteiger partial charge in [-0.05, 0) is 43.5 Å². The molecule has 1 N–H and O–H groups in total. The summed E-state index contributed by atoms with van der Waals surface area (Å²) in [5, 5.41) is 0. The molecule has 0 radical (unpaired) electrons. The first-order valence-corrected chi connectivity index (χ1v) is 11.0. The Balaban J connectivity index is 1.84. The average molecular weight is 419 g/mol. The average Bonchev–Trinajstić information content (AvgIpc) is 2.77. The largest absolute Gasteiger partial charge is 0.496 e. The Morgan fingerprint density at radius 3 is 2.38 bits per heavy atom. The van der Waals surface area contributed by atoms with Gasteiger partial charge in [-0.2, -0.15) is 0 Å². The Morgan fingerprint density at radius 2 is 1.69 bits per heavy atom. The van der Waals surface area contributed by atoms with Crippen LogP contribution in [0.2, 0.25) is 0 Å². The zero-order valence-electron chi connectivity index (χ0n) is 16.7. The van der Waals surface area contributed by atoms with Gasteiger partial charge in [-0.1, -0.05) is 18.2 Å². The van der Waals surface area contributed by atoms with Crippen molar-refractivity contribution in [3.63, 3.8) is 0 Å². The number of rotatable bonds is 7. The molecule has 29 heavy (non-hydrogen) atoms. The predicted octanol–water partition coefficient (Wildman–Crippen LogP) is 2.81. The van der Waals surface area contributed by atoms with Crippen LogP contribution in [0, 0.1) is 0 Å². The third kappa shape index (κ3) is 4.89. The first kappa shape index (κ1) is 21.1. The second-order valence-corrected chi connectivity index (χ2v) is 8.62. The molecule has 0 aliphatic carbocycles. The molecular weight excluding hydrogens is 392 g/mol. The highest BCUT2D eigenvalue weighted by atomic mass is 32.2. The molecule has 2 aromatic carbocycles. The molecule has 1 fully saturated rings. The second-order valence-electron chi connectivity index (χ2n) is 6.85. The number of methoxy groups -OCH3 is 2. The SMILES string of the molecule is COc1ccccc1CNS(=O)(=O)c1ccc(OC)c(C(=O)N2CCCCC2)c1. The summed E-state index contributed by atoms with van der Waals surface area (Å²) < 4.78 is 38.8. The lowest BCUT2D eigenvalue weighted by atomic mass is 10.1. The van der Waals surface area contributed by atoms with Crippen LogP contribution in [0.25, 0.3) is 0 Å². The van der Waals surface area contributed by atoms with Crippen LogP contribution in [0.4, 0.5) is 0 Å². The van der Waals surface area contributed by atoms with E-state index in [0.29, 0.717) is 24.6 Å². The fraction of sp³-hybridized carbons (Fsp3) is 0.381. The van der Waals surface area contributed by atoms with Crippen molar-refractivity contribution in [3.8, 4) is 11.5 Å². The molecule has 1 heterocycles. The number of nitrogens with one attached hydrogen (secondary N) is 1. The van der Waals surface area contributed by atoms with Crippen LogP contribution < -0.4 is 14.2 Å². The van der Waals surface area contributed by atoms with E-state index in [4.69, 9.17) is 9.47 Å². The first-order valence-electron chi connectivity index (χ1n) is 9.55. The van der Waals surface area contributed by atoms with E-state index in [1.54, 1.807) is 17.0 Å². The lowest BCUT2D eigenvalue weighted by Crippen LogP contribution is -2.36. The molecule has 0 aromatic heterocycles. The number of carbonyl (C=O) groups excluding carboxylic acids is 1. The summed E-state index contributed by atoms with van der Waals surface area (Å²) in [5.74, 6) is 0.762. The van der Waals surface area contributed by atoms with Crippen LogP contribution in [-0.2, 0) is 16.6 Å². The van der Waals surface area contributed by atoms with E-state index in [1.165, 1.54) is 32.4 Å². The van der Waals surface area contributed by atoms with Crippen LogP contribution >= 0.6 is 0 Å². The summed E-state index contributed by atoms with van der Waals surface area (Å²) in [6.45, 7) is 1.42. The fourth-order valence-corrected chi connectivity index (χ4v) is 4.43. The molecule has 1 amide bonds. The third-order valence-corrected chi connectivity index (χ3v) is 6.40. The number of ether oxygens (including phenoxy) is 2. The van der Waals surface area contributed by atoms with Gasteiger partial charge < -0.3 is 14.4 Å². The second kappa shape index (κ2) is 9.28. The van der Waals surface area contributed by atoms with Crippen LogP contribution in [0.5, 0.6) is 11.5 Å². The van der Waals surface area contributed by atoms with Gasteiger partial charge in [0.15, 0.2) is 0 Å². The van der Waals surface area contributed by atoms with Gasteiger partial charge in [0.25, 0.3) is 5.91 Å². The molecular formula is C21H26N2O5S. The molecule has 7 nitrogen and oxygen atoms in total. The zero-order valence-corrected chi connectivity index (χ0v) is 17.5. The van der Waals surface area contributed by atoms with Gasteiger partial charge in [0.05, 0.1) is 24.7 Å². The number of hydrogen-bond acceptors (Lipinski definition) is 5. The fourth-order valence-electron chi connectivity index (χ4n) is 3.39. The van der Waals surface area contributed by atoms with Crippen LogP contribution in [-0.4, -0.2) is 46.5 Å². The van der Waals surface area contributed by atoms with Crippen molar-refractivity contribution < 1.29 is 22.7 Å². The molecule has 0 atom stereocenters. The van der Waals surface area contributed by atoms with Crippen molar-refractivity contribution in [2.45, 2.75) is 30.7 Å². The van der Waals surface area contributed by atoms with Gasteiger partial charge in [-0.15, -0.1) is 0 Å². The molecule has 156 valence electrons. The number of carbonyl (C=O) groups is 1. The quantitative estimate of drug-likeness (QED) is 0.747. The number of para-hydroxylation sites is 1. The van der Waals surface area contributed by atoms with E-state index in [2.05, 4.69) is 4.72 Å². The predicted molar refractivity (Wildman–Crippen MR) is 110 cm³/mol. The Morgan fingerprint density at radius 1 is 1.00 bits per heavy atom. The number of amides is 1. The van der Waals surface area contributed by atoms with Crippen LogP contribution in [0.3, 0.4) is 0 Å². The minimum absolute atomic E-state index is 0.0218. The lowest BCUT2D eigenvalue weighted by molar-refractivity contribution is 0.0720. The van der Waals surface area contributed by atoms with E-state index in [0.717, 1.165) is 24.8 Å². The molecule has 2 aromatic rings.